The van der Waals surface area contributed by atoms with Gasteiger partial charge in [0.05, 0.1) is 5.69 Å². The molecule has 3 heterocycles. The van der Waals surface area contributed by atoms with Gasteiger partial charge < -0.3 is 10.6 Å². The molecule has 0 saturated heterocycles. The Morgan fingerprint density at radius 2 is 2.17 bits per heavy atom. The molecule has 10 heteroatoms. The number of nitrogens with zero attached hydrogens (tertiary/aromatic N) is 3. The van der Waals surface area contributed by atoms with Crippen LogP contribution >= 0.6 is 23.1 Å². The van der Waals surface area contributed by atoms with E-state index in [9.17, 15) is 13.2 Å². The van der Waals surface area contributed by atoms with E-state index in [0.717, 1.165) is 11.0 Å². The molecule has 5 nitrogen and oxygen atoms in total. The molecule has 0 atom stereocenters. The smallest absolute Gasteiger partial charge is 0.422 e. The molecule has 0 aliphatic heterocycles. The van der Waals surface area contributed by atoms with Gasteiger partial charge in [-0.15, -0.1) is 11.3 Å². The van der Waals surface area contributed by atoms with Gasteiger partial charge in [-0.1, -0.05) is 11.8 Å². The van der Waals surface area contributed by atoms with E-state index in [2.05, 4.69) is 9.97 Å². The first-order chi connectivity index (χ1) is 11.3. The summed E-state index contributed by atoms with van der Waals surface area (Å²) in [6, 6.07) is 1.43. The number of halogens is 3. The van der Waals surface area contributed by atoms with Crippen molar-refractivity contribution < 1.29 is 17.9 Å². The summed E-state index contributed by atoms with van der Waals surface area (Å²) in [7, 11) is 0. The Morgan fingerprint density at radius 1 is 1.38 bits per heavy atom. The number of nitrogen functional groups attached to an aromatic ring is 1. The Kier molecular flexibility index (Phi) is 4.59. The van der Waals surface area contributed by atoms with E-state index in [1.807, 2.05) is 10.8 Å². The van der Waals surface area contributed by atoms with Crippen molar-refractivity contribution in [2.75, 3.05) is 12.4 Å². The number of imidazole rings is 1. The average Bonchev–Trinajstić information content (AvgIpc) is 3.08. The highest BCUT2D eigenvalue weighted by Gasteiger charge is 2.28. The van der Waals surface area contributed by atoms with Crippen LogP contribution in [0.3, 0.4) is 0 Å². The molecule has 0 radical (unpaired) electrons. The molecule has 3 rings (SSSR count). The van der Waals surface area contributed by atoms with Crippen LogP contribution in [0.5, 0.6) is 5.75 Å². The lowest BCUT2D eigenvalue weighted by Gasteiger charge is -2.13. The monoisotopic (exact) mass is 374 g/mol. The minimum Gasteiger partial charge on any atom is -0.484 e. The molecule has 0 unspecified atom stereocenters. The van der Waals surface area contributed by atoms with Crippen LogP contribution in [0.1, 0.15) is 11.3 Å². The highest BCUT2D eigenvalue weighted by Crippen LogP contribution is 2.29. The maximum absolute atomic E-state index is 12.3. The number of thioether (sulfide) groups is 1. The minimum absolute atomic E-state index is 0.176. The van der Waals surface area contributed by atoms with Gasteiger partial charge in [0.25, 0.3) is 0 Å². The van der Waals surface area contributed by atoms with Crippen LogP contribution in [0.2, 0.25) is 0 Å². The first-order valence-corrected chi connectivity index (χ1v) is 8.74. The quantitative estimate of drug-likeness (QED) is 0.544. The molecular formula is C14H13F3N4OS2. The van der Waals surface area contributed by atoms with Gasteiger partial charge in [-0.05, 0) is 13.0 Å². The standard InChI is InChI=1S/C14H13F3N4OS2/c1-8-9(19-3-2-12(8)22-7-14(15,16)17)5-24-13-20-10-4-23-6-11(10)21(13)18/h2-4,6H,5,7,18H2,1H3. The molecule has 0 saturated carbocycles. The lowest BCUT2D eigenvalue weighted by molar-refractivity contribution is -0.153. The van der Waals surface area contributed by atoms with Crippen LogP contribution in [0.4, 0.5) is 13.2 Å². The first-order valence-electron chi connectivity index (χ1n) is 6.81. The minimum atomic E-state index is -4.37. The number of alkyl halides is 3. The zero-order valence-corrected chi connectivity index (χ0v) is 14.1. The average molecular weight is 374 g/mol. The van der Waals surface area contributed by atoms with Gasteiger partial charge >= 0.3 is 6.18 Å². The van der Waals surface area contributed by atoms with E-state index in [4.69, 9.17) is 10.6 Å². The fourth-order valence-corrected chi connectivity index (χ4v) is 3.75. The van der Waals surface area contributed by atoms with Crippen LogP contribution in [0.15, 0.2) is 28.2 Å². The number of hydrogen-bond acceptors (Lipinski definition) is 6. The van der Waals surface area contributed by atoms with Gasteiger partial charge in [0, 0.05) is 28.3 Å². The summed E-state index contributed by atoms with van der Waals surface area (Å²) >= 11 is 2.88. The van der Waals surface area contributed by atoms with Crippen LogP contribution < -0.4 is 10.6 Å². The van der Waals surface area contributed by atoms with Gasteiger partial charge in [-0.3, -0.25) is 4.98 Å². The molecule has 0 amide bonds. The largest absolute Gasteiger partial charge is 0.484 e. The molecule has 0 spiro atoms. The van der Waals surface area contributed by atoms with E-state index < -0.39 is 12.8 Å². The van der Waals surface area contributed by atoms with Crippen molar-refractivity contribution in [1.82, 2.24) is 14.6 Å². The maximum atomic E-state index is 12.3. The third-order valence-electron chi connectivity index (χ3n) is 3.29. The molecule has 0 fully saturated rings. The molecule has 0 aliphatic rings. The fourth-order valence-electron chi connectivity index (χ4n) is 2.06. The predicted molar refractivity (Wildman–Crippen MR) is 87.8 cm³/mol. The van der Waals surface area contributed by atoms with Crippen LogP contribution in [-0.4, -0.2) is 27.4 Å². The number of fused-ring (bicyclic) bond motifs is 1. The number of aromatic nitrogens is 3. The van der Waals surface area contributed by atoms with E-state index >= 15 is 0 Å². The fraction of sp³-hybridized carbons (Fsp3) is 0.286. The lowest BCUT2D eigenvalue weighted by Crippen LogP contribution is -2.19. The summed E-state index contributed by atoms with van der Waals surface area (Å²) in [5, 5.41) is 4.43. The molecule has 128 valence electrons. The van der Waals surface area contributed by atoms with Crippen LogP contribution in [0.25, 0.3) is 11.0 Å². The summed E-state index contributed by atoms with van der Waals surface area (Å²) in [5.41, 5.74) is 2.86. The molecule has 0 aliphatic carbocycles. The molecule has 24 heavy (non-hydrogen) atoms. The number of nitrogens with two attached hydrogens (primary N) is 1. The molecular weight excluding hydrogens is 361 g/mol. The van der Waals surface area contributed by atoms with Crippen molar-refractivity contribution in [3.8, 4) is 5.75 Å². The second kappa shape index (κ2) is 6.52. The van der Waals surface area contributed by atoms with E-state index in [1.165, 1.54) is 40.0 Å². The number of pyridine rings is 1. The van der Waals surface area contributed by atoms with Gasteiger partial charge in [0.2, 0.25) is 0 Å². The van der Waals surface area contributed by atoms with Crippen molar-refractivity contribution in [2.24, 2.45) is 0 Å². The highest BCUT2D eigenvalue weighted by atomic mass is 32.2. The molecule has 3 aromatic heterocycles. The molecule has 3 aromatic rings. The Bertz CT molecular complexity index is 859. The van der Waals surface area contributed by atoms with Gasteiger partial charge in [-0.2, -0.15) is 13.2 Å². The second-order valence-corrected chi connectivity index (χ2v) is 6.67. The van der Waals surface area contributed by atoms with Crippen molar-refractivity contribution in [2.45, 2.75) is 24.0 Å². The summed E-state index contributed by atoms with van der Waals surface area (Å²) < 4.78 is 43.2. The van der Waals surface area contributed by atoms with Gasteiger partial charge in [-0.25, -0.2) is 9.66 Å². The number of thiophene rings is 1. The zero-order valence-electron chi connectivity index (χ0n) is 12.5. The molecule has 2 N–H and O–H groups in total. The van der Waals surface area contributed by atoms with E-state index in [0.29, 0.717) is 22.2 Å². The maximum Gasteiger partial charge on any atom is 0.422 e. The van der Waals surface area contributed by atoms with Crippen molar-refractivity contribution in [1.29, 1.82) is 0 Å². The SMILES string of the molecule is Cc1c(OCC(F)(F)F)ccnc1CSc1nc2cscc2n1N. The third-order valence-corrected chi connectivity index (χ3v) is 4.97. The predicted octanol–water partition coefficient (Wildman–Crippen LogP) is 3.75. The van der Waals surface area contributed by atoms with Crippen molar-refractivity contribution >= 4 is 34.1 Å². The number of hydrogen-bond donors (Lipinski definition) is 1. The first kappa shape index (κ1) is 16.9. The van der Waals surface area contributed by atoms with Crippen LogP contribution in [0, 0.1) is 6.92 Å². The summed E-state index contributed by atoms with van der Waals surface area (Å²) in [6.07, 6.45) is -2.94. The van der Waals surface area contributed by atoms with Crippen molar-refractivity contribution in [3.63, 3.8) is 0 Å². The lowest BCUT2D eigenvalue weighted by atomic mass is 10.2. The summed E-state index contributed by atoms with van der Waals surface area (Å²) in [5.74, 6) is 6.58. The Hall–Kier alpha value is -1.94. The number of ether oxygens (including phenoxy) is 1. The second-order valence-electron chi connectivity index (χ2n) is 4.98. The summed E-state index contributed by atoms with van der Waals surface area (Å²) in [6.45, 7) is 0.357. The number of rotatable bonds is 5. The Morgan fingerprint density at radius 3 is 2.88 bits per heavy atom. The topological polar surface area (TPSA) is 66.0 Å². The van der Waals surface area contributed by atoms with Gasteiger partial charge in [0.1, 0.15) is 16.8 Å². The normalized spacial score (nSPS) is 12.0. The van der Waals surface area contributed by atoms with Crippen LogP contribution in [-0.2, 0) is 5.75 Å². The zero-order chi connectivity index (χ0) is 17.3. The highest BCUT2D eigenvalue weighted by molar-refractivity contribution is 7.98. The van der Waals surface area contributed by atoms with E-state index in [1.54, 1.807) is 6.92 Å². The van der Waals surface area contributed by atoms with Crippen molar-refractivity contribution in [3.05, 3.63) is 34.3 Å². The molecule has 0 bridgehead atoms. The third kappa shape index (κ3) is 3.59. The van der Waals surface area contributed by atoms with Gasteiger partial charge in [0.15, 0.2) is 11.8 Å². The van der Waals surface area contributed by atoms with E-state index in [-0.39, 0.29) is 5.75 Å². The Labute approximate surface area is 143 Å². The Balaban J connectivity index is 1.73. The summed E-state index contributed by atoms with van der Waals surface area (Å²) in [4.78, 5) is 8.62. The molecule has 0 aromatic carbocycles.